The number of aromatic nitrogens is 2. The zero-order valence-corrected chi connectivity index (χ0v) is 12.0. The Bertz CT molecular complexity index is 372. The summed E-state index contributed by atoms with van der Waals surface area (Å²) in [5.74, 6) is 1.75. The van der Waals surface area contributed by atoms with Crippen LogP contribution in [0.5, 0.6) is 0 Å². The summed E-state index contributed by atoms with van der Waals surface area (Å²) in [6, 6.07) is 2.75. The standard InChI is InChI=1S/C12H21N5S/c1-13-10-8-11(16-12(15-10)18-3)14-6-7-17(2)9-4-5-9/h8-9H,4-7H2,1-3H3,(H2,13,14,15,16). The van der Waals surface area contributed by atoms with Crippen molar-refractivity contribution in [2.24, 2.45) is 0 Å². The Morgan fingerprint density at radius 1 is 1.39 bits per heavy atom. The topological polar surface area (TPSA) is 53.1 Å². The van der Waals surface area contributed by atoms with Crippen LogP contribution in [-0.2, 0) is 0 Å². The van der Waals surface area contributed by atoms with E-state index in [0.717, 1.165) is 35.9 Å². The van der Waals surface area contributed by atoms with Crippen molar-refractivity contribution in [3.63, 3.8) is 0 Å². The van der Waals surface area contributed by atoms with Gasteiger partial charge >= 0.3 is 0 Å². The van der Waals surface area contributed by atoms with E-state index in [-0.39, 0.29) is 0 Å². The molecule has 18 heavy (non-hydrogen) atoms. The molecule has 2 N–H and O–H groups in total. The molecule has 0 bridgehead atoms. The molecule has 1 aliphatic carbocycles. The summed E-state index contributed by atoms with van der Waals surface area (Å²) in [5.41, 5.74) is 0. The van der Waals surface area contributed by atoms with Crippen LogP contribution in [0.1, 0.15) is 12.8 Å². The SMILES string of the molecule is CNc1cc(NCCN(C)C2CC2)nc(SC)n1. The van der Waals surface area contributed by atoms with E-state index in [4.69, 9.17) is 0 Å². The van der Waals surface area contributed by atoms with Crippen molar-refractivity contribution in [1.82, 2.24) is 14.9 Å². The second kappa shape index (κ2) is 6.24. The number of anilines is 2. The minimum Gasteiger partial charge on any atom is -0.373 e. The van der Waals surface area contributed by atoms with Gasteiger partial charge in [0.25, 0.3) is 0 Å². The first-order chi connectivity index (χ1) is 8.72. The molecule has 0 aliphatic heterocycles. The highest BCUT2D eigenvalue weighted by molar-refractivity contribution is 7.98. The first kappa shape index (κ1) is 13.4. The molecule has 1 aromatic heterocycles. The van der Waals surface area contributed by atoms with Crippen LogP contribution in [0.25, 0.3) is 0 Å². The fraction of sp³-hybridized carbons (Fsp3) is 0.667. The monoisotopic (exact) mass is 267 g/mol. The number of hydrogen-bond donors (Lipinski definition) is 2. The summed E-state index contributed by atoms with van der Waals surface area (Å²) in [6.45, 7) is 1.97. The van der Waals surface area contributed by atoms with Crippen LogP contribution in [0.2, 0.25) is 0 Å². The van der Waals surface area contributed by atoms with E-state index in [1.54, 1.807) is 11.8 Å². The van der Waals surface area contributed by atoms with Gasteiger partial charge < -0.3 is 15.5 Å². The summed E-state index contributed by atoms with van der Waals surface area (Å²) in [6.07, 6.45) is 4.69. The Morgan fingerprint density at radius 3 is 2.72 bits per heavy atom. The quantitative estimate of drug-likeness (QED) is 0.580. The molecule has 0 aromatic carbocycles. The average molecular weight is 267 g/mol. The van der Waals surface area contributed by atoms with Crippen LogP contribution in [-0.4, -0.2) is 54.4 Å². The maximum absolute atomic E-state index is 4.44. The largest absolute Gasteiger partial charge is 0.373 e. The second-order valence-corrected chi connectivity index (χ2v) is 5.29. The molecular weight excluding hydrogens is 246 g/mol. The molecule has 2 rings (SSSR count). The Kier molecular flexibility index (Phi) is 4.66. The average Bonchev–Trinajstić information content (AvgIpc) is 3.22. The Hall–Kier alpha value is -1.01. The van der Waals surface area contributed by atoms with Crippen molar-refractivity contribution in [2.45, 2.75) is 24.0 Å². The van der Waals surface area contributed by atoms with Crippen molar-refractivity contribution in [2.75, 3.05) is 44.1 Å². The predicted octanol–water partition coefficient (Wildman–Crippen LogP) is 1.75. The van der Waals surface area contributed by atoms with Crippen molar-refractivity contribution in [1.29, 1.82) is 0 Å². The normalized spacial score (nSPS) is 14.9. The fourth-order valence-electron chi connectivity index (χ4n) is 1.79. The maximum Gasteiger partial charge on any atom is 0.191 e. The van der Waals surface area contributed by atoms with Gasteiger partial charge in [0.05, 0.1) is 0 Å². The molecule has 0 amide bonds. The van der Waals surface area contributed by atoms with Gasteiger partial charge in [-0.15, -0.1) is 0 Å². The summed E-state index contributed by atoms with van der Waals surface area (Å²) in [5, 5.41) is 7.21. The molecule has 5 nitrogen and oxygen atoms in total. The van der Waals surface area contributed by atoms with E-state index in [2.05, 4.69) is 32.5 Å². The lowest BCUT2D eigenvalue weighted by Gasteiger charge is -2.16. The minimum atomic E-state index is 0.792. The molecule has 0 spiro atoms. The summed E-state index contributed by atoms with van der Waals surface area (Å²) in [4.78, 5) is 11.2. The lowest BCUT2D eigenvalue weighted by Crippen LogP contribution is -2.27. The van der Waals surface area contributed by atoms with E-state index >= 15 is 0 Å². The van der Waals surface area contributed by atoms with Crippen LogP contribution in [0.3, 0.4) is 0 Å². The van der Waals surface area contributed by atoms with Crippen LogP contribution in [0.15, 0.2) is 11.2 Å². The minimum absolute atomic E-state index is 0.792. The lowest BCUT2D eigenvalue weighted by molar-refractivity contribution is 0.337. The second-order valence-electron chi connectivity index (χ2n) is 4.51. The molecule has 1 aliphatic rings. The third-order valence-electron chi connectivity index (χ3n) is 3.09. The molecule has 1 saturated carbocycles. The number of thioether (sulfide) groups is 1. The maximum atomic E-state index is 4.44. The third-order valence-corrected chi connectivity index (χ3v) is 3.63. The number of likely N-dealkylation sites (N-methyl/N-ethyl adjacent to an activating group) is 1. The molecule has 0 radical (unpaired) electrons. The van der Waals surface area contributed by atoms with E-state index in [1.807, 2.05) is 19.4 Å². The van der Waals surface area contributed by atoms with E-state index in [9.17, 15) is 0 Å². The lowest BCUT2D eigenvalue weighted by atomic mass is 10.4. The predicted molar refractivity (Wildman–Crippen MR) is 77.5 cm³/mol. The molecule has 0 unspecified atom stereocenters. The van der Waals surface area contributed by atoms with Crippen molar-refractivity contribution in [3.8, 4) is 0 Å². The number of nitrogens with one attached hydrogen (secondary N) is 2. The highest BCUT2D eigenvalue weighted by Crippen LogP contribution is 2.24. The zero-order chi connectivity index (χ0) is 13.0. The van der Waals surface area contributed by atoms with Crippen molar-refractivity contribution < 1.29 is 0 Å². The van der Waals surface area contributed by atoms with Gasteiger partial charge in [0, 0.05) is 32.2 Å². The van der Waals surface area contributed by atoms with E-state index < -0.39 is 0 Å². The third kappa shape index (κ3) is 3.74. The van der Waals surface area contributed by atoms with Crippen LogP contribution >= 0.6 is 11.8 Å². The Balaban J connectivity index is 1.87. The molecule has 0 saturated heterocycles. The van der Waals surface area contributed by atoms with Gasteiger partial charge in [-0.05, 0) is 26.1 Å². The molecular formula is C12H21N5S. The van der Waals surface area contributed by atoms with Gasteiger partial charge in [-0.3, -0.25) is 0 Å². The van der Waals surface area contributed by atoms with Crippen molar-refractivity contribution >= 4 is 23.4 Å². The van der Waals surface area contributed by atoms with Crippen LogP contribution in [0, 0.1) is 0 Å². The number of hydrogen-bond acceptors (Lipinski definition) is 6. The smallest absolute Gasteiger partial charge is 0.191 e. The van der Waals surface area contributed by atoms with E-state index in [1.165, 1.54) is 12.8 Å². The summed E-state index contributed by atoms with van der Waals surface area (Å²) < 4.78 is 0. The zero-order valence-electron chi connectivity index (χ0n) is 11.2. The number of rotatable bonds is 7. The molecule has 6 heteroatoms. The molecule has 1 fully saturated rings. The highest BCUT2D eigenvalue weighted by Gasteiger charge is 2.25. The molecule has 0 atom stereocenters. The molecule has 1 aromatic rings. The fourth-order valence-corrected chi connectivity index (χ4v) is 2.17. The van der Waals surface area contributed by atoms with Crippen LogP contribution < -0.4 is 10.6 Å². The Labute approximate surface area is 113 Å². The van der Waals surface area contributed by atoms with Crippen molar-refractivity contribution in [3.05, 3.63) is 6.07 Å². The molecule has 1 heterocycles. The number of nitrogens with zero attached hydrogens (tertiary/aromatic N) is 3. The van der Waals surface area contributed by atoms with Gasteiger partial charge in [-0.25, -0.2) is 9.97 Å². The first-order valence-electron chi connectivity index (χ1n) is 6.28. The van der Waals surface area contributed by atoms with Gasteiger partial charge in [-0.1, -0.05) is 11.8 Å². The van der Waals surface area contributed by atoms with Gasteiger partial charge in [-0.2, -0.15) is 0 Å². The summed E-state index contributed by atoms with van der Waals surface area (Å²) >= 11 is 1.55. The Morgan fingerprint density at radius 2 is 2.11 bits per heavy atom. The molecule has 100 valence electrons. The van der Waals surface area contributed by atoms with Gasteiger partial charge in [0.15, 0.2) is 5.16 Å². The summed E-state index contributed by atoms with van der Waals surface area (Å²) in [7, 11) is 4.06. The highest BCUT2D eigenvalue weighted by atomic mass is 32.2. The van der Waals surface area contributed by atoms with Gasteiger partial charge in [0.1, 0.15) is 11.6 Å². The first-order valence-corrected chi connectivity index (χ1v) is 7.50. The van der Waals surface area contributed by atoms with Gasteiger partial charge in [0.2, 0.25) is 0 Å². The van der Waals surface area contributed by atoms with Crippen LogP contribution in [0.4, 0.5) is 11.6 Å². The van der Waals surface area contributed by atoms with E-state index in [0.29, 0.717) is 0 Å².